The largest absolute Gasteiger partial charge is 0.372 e. The molecule has 1 N–H and O–H groups in total. The summed E-state index contributed by atoms with van der Waals surface area (Å²) in [5.74, 6) is 4.19. The van der Waals surface area contributed by atoms with E-state index in [1.54, 1.807) is 0 Å². The van der Waals surface area contributed by atoms with E-state index in [-0.39, 0.29) is 0 Å². The van der Waals surface area contributed by atoms with E-state index in [1.807, 2.05) is 5.92 Å². The summed E-state index contributed by atoms with van der Waals surface area (Å²) in [6.07, 6.45) is -2.80. The molecule has 0 rings (SSSR count). The third-order valence-corrected chi connectivity index (χ3v) is 0.803. The second-order valence-electron chi connectivity index (χ2n) is 1.82. The maximum Gasteiger partial charge on any atom is 0.277 e. The van der Waals surface area contributed by atoms with Gasteiger partial charge in [-0.25, -0.2) is 8.78 Å². The third-order valence-electron chi connectivity index (χ3n) is 0.803. The molecule has 0 aliphatic heterocycles. The molecular weight excluding hydrogens is 126 g/mol. The second-order valence-corrected chi connectivity index (χ2v) is 1.82. The van der Waals surface area contributed by atoms with Crippen molar-refractivity contribution >= 4 is 0 Å². The van der Waals surface area contributed by atoms with E-state index in [0.29, 0.717) is 0 Å². The molecule has 1 nitrogen and oxygen atoms in total. The molecule has 0 saturated carbocycles. The van der Waals surface area contributed by atoms with Crippen molar-refractivity contribution in [1.82, 2.24) is 0 Å². The Kier molecular flexibility index (Phi) is 2.60. The van der Waals surface area contributed by atoms with Crippen molar-refractivity contribution in [2.75, 3.05) is 0 Å². The first-order valence-electron chi connectivity index (χ1n) is 2.45. The molecule has 0 saturated heterocycles. The first kappa shape index (κ1) is 8.38. The zero-order valence-electron chi connectivity index (χ0n) is 5.28. The molecule has 0 aliphatic carbocycles. The van der Waals surface area contributed by atoms with Gasteiger partial charge in [0.25, 0.3) is 6.43 Å². The van der Waals surface area contributed by atoms with Crippen LogP contribution in [0.1, 0.15) is 13.8 Å². The number of rotatable bonds is 1. The van der Waals surface area contributed by atoms with Gasteiger partial charge in [0, 0.05) is 0 Å². The van der Waals surface area contributed by atoms with Gasteiger partial charge in [0.1, 0.15) is 0 Å². The minimum Gasteiger partial charge on any atom is -0.372 e. The van der Waals surface area contributed by atoms with Gasteiger partial charge in [0.15, 0.2) is 5.60 Å². The molecule has 1 atom stereocenters. The number of hydrogen-bond acceptors (Lipinski definition) is 1. The van der Waals surface area contributed by atoms with Gasteiger partial charge < -0.3 is 5.11 Å². The van der Waals surface area contributed by atoms with Crippen LogP contribution < -0.4 is 0 Å². The van der Waals surface area contributed by atoms with Crippen LogP contribution in [-0.2, 0) is 0 Å². The summed E-state index contributed by atoms with van der Waals surface area (Å²) < 4.78 is 23.3. The van der Waals surface area contributed by atoms with E-state index in [0.717, 1.165) is 6.92 Å². The van der Waals surface area contributed by atoms with Crippen LogP contribution in [0.25, 0.3) is 0 Å². The lowest BCUT2D eigenvalue weighted by Crippen LogP contribution is -2.31. The van der Waals surface area contributed by atoms with Gasteiger partial charge in [0.05, 0.1) is 0 Å². The van der Waals surface area contributed by atoms with Crippen molar-refractivity contribution in [3.05, 3.63) is 0 Å². The summed E-state index contributed by atoms with van der Waals surface area (Å²) in [5.41, 5.74) is -2.14. The number of halogens is 2. The molecule has 0 fully saturated rings. The molecule has 0 amide bonds. The van der Waals surface area contributed by atoms with Gasteiger partial charge in [-0.2, -0.15) is 0 Å². The van der Waals surface area contributed by atoms with Crippen molar-refractivity contribution in [2.24, 2.45) is 0 Å². The van der Waals surface area contributed by atoms with Crippen molar-refractivity contribution in [3.63, 3.8) is 0 Å². The highest BCUT2D eigenvalue weighted by Crippen LogP contribution is 2.12. The number of alkyl halides is 2. The second kappa shape index (κ2) is 2.79. The Labute approximate surface area is 52.7 Å². The molecule has 0 heterocycles. The fourth-order valence-electron chi connectivity index (χ4n) is 0.308. The normalized spacial score (nSPS) is 16.2. The van der Waals surface area contributed by atoms with Gasteiger partial charge >= 0.3 is 0 Å². The molecular formula is C6H8F2O. The van der Waals surface area contributed by atoms with Crippen LogP contribution in [0.15, 0.2) is 0 Å². The van der Waals surface area contributed by atoms with Gasteiger partial charge in [-0.1, -0.05) is 5.92 Å². The summed E-state index contributed by atoms with van der Waals surface area (Å²) in [4.78, 5) is 0. The van der Waals surface area contributed by atoms with Crippen molar-refractivity contribution in [2.45, 2.75) is 25.9 Å². The number of hydrogen-bond donors (Lipinski definition) is 1. The predicted molar refractivity (Wildman–Crippen MR) is 30.1 cm³/mol. The van der Waals surface area contributed by atoms with E-state index in [9.17, 15) is 8.78 Å². The minimum absolute atomic E-state index is 0.980. The van der Waals surface area contributed by atoms with Crippen LogP contribution in [0, 0.1) is 11.8 Å². The van der Waals surface area contributed by atoms with Crippen molar-refractivity contribution in [1.29, 1.82) is 0 Å². The monoisotopic (exact) mass is 134 g/mol. The van der Waals surface area contributed by atoms with E-state index in [4.69, 9.17) is 5.11 Å². The molecule has 0 aromatic carbocycles. The fraction of sp³-hybridized carbons (Fsp3) is 0.667. The summed E-state index contributed by atoms with van der Waals surface area (Å²) in [6, 6.07) is 0. The Bertz CT molecular complexity index is 141. The van der Waals surface area contributed by atoms with Gasteiger partial charge in [-0.05, 0) is 13.8 Å². The zero-order chi connectivity index (χ0) is 7.49. The minimum atomic E-state index is -2.80. The van der Waals surface area contributed by atoms with Gasteiger partial charge in [-0.15, -0.1) is 5.92 Å². The lowest BCUT2D eigenvalue weighted by Gasteiger charge is -2.13. The molecule has 3 heteroatoms. The Hall–Kier alpha value is -0.620. The molecule has 1 unspecified atom stereocenters. The summed E-state index contributed by atoms with van der Waals surface area (Å²) in [7, 11) is 0. The summed E-state index contributed by atoms with van der Waals surface area (Å²) in [6.45, 7) is 2.38. The van der Waals surface area contributed by atoms with Crippen molar-refractivity contribution < 1.29 is 13.9 Å². The summed E-state index contributed by atoms with van der Waals surface area (Å²) in [5, 5.41) is 8.67. The Balaban J connectivity index is 4.13. The predicted octanol–water partition coefficient (Wildman–Crippen LogP) is 1.03. The van der Waals surface area contributed by atoms with Crippen molar-refractivity contribution in [3.8, 4) is 11.8 Å². The van der Waals surface area contributed by atoms with Crippen LogP contribution in [0.2, 0.25) is 0 Å². The average Bonchev–Trinajstić information content (AvgIpc) is 1.65. The van der Waals surface area contributed by atoms with Crippen LogP contribution in [0.3, 0.4) is 0 Å². The molecule has 0 aromatic heterocycles. The highest BCUT2D eigenvalue weighted by Gasteiger charge is 2.29. The maximum atomic E-state index is 11.6. The van der Waals surface area contributed by atoms with E-state index < -0.39 is 12.0 Å². The highest BCUT2D eigenvalue weighted by atomic mass is 19.3. The Morgan fingerprint density at radius 2 is 2.00 bits per heavy atom. The summed E-state index contributed by atoms with van der Waals surface area (Å²) >= 11 is 0. The molecule has 0 spiro atoms. The average molecular weight is 134 g/mol. The Morgan fingerprint density at radius 1 is 1.56 bits per heavy atom. The molecule has 0 aromatic rings. The maximum absolute atomic E-state index is 11.6. The number of aliphatic hydroxyl groups is 1. The van der Waals surface area contributed by atoms with Gasteiger partial charge in [0.2, 0.25) is 0 Å². The smallest absolute Gasteiger partial charge is 0.277 e. The lowest BCUT2D eigenvalue weighted by molar-refractivity contribution is -0.0418. The van der Waals surface area contributed by atoms with Crippen LogP contribution in [-0.4, -0.2) is 17.1 Å². The first-order valence-corrected chi connectivity index (χ1v) is 2.45. The molecule has 9 heavy (non-hydrogen) atoms. The Morgan fingerprint density at radius 3 is 2.11 bits per heavy atom. The van der Waals surface area contributed by atoms with Crippen LogP contribution in [0.4, 0.5) is 8.78 Å². The molecule has 52 valence electrons. The third kappa shape index (κ3) is 2.43. The van der Waals surface area contributed by atoms with Gasteiger partial charge in [-0.3, -0.25) is 0 Å². The quantitative estimate of drug-likeness (QED) is 0.531. The highest BCUT2D eigenvalue weighted by molar-refractivity contribution is 5.11. The fourth-order valence-corrected chi connectivity index (χ4v) is 0.308. The molecule has 0 radical (unpaired) electrons. The standard InChI is InChI=1S/C6H8F2O/c1-3-4-6(2,9)5(7)8/h5,9H,1-2H3. The molecule has 0 bridgehead atoms. The van der Waals surface area contributed by atoms with Crippen LogP contribution >= 0.6 is 0 Å². The molecule has 0 aliphatic rings. The van der Waals surface area contributed by atoms with E-state index >= 15 is 0 Å². The zero-order valence-corrected chi connectivity index (χ0v) is 5.28. The van der Waals surface area contributed by atoms with E-state index in [2.05, 4.69) is 5.92 Å². The topological polar surface area (TPSA) is 20.2 Å². The van der Waals surface area contributed by atoms with Crippen LogP contribution in [0.5, 0.6) is 0 Å². The van der Waals surface area contributed by atoms with E-state index in [1.165, 1.54) is 6.92 Å². The SMILES string of the molecule is CC#CC(C)(O)C(F)F. The first-order chi connectivity index (χ1) is 4.00. The lowest BCUT2D eigenvalue weighted by atomic mass is 10.1.